The van der Waals surface area contributed by atoms with Crippen molar-refractivity contribution in [1.82, 2.24) is 0 Å². The van der Waals surface area contributed by atoms with Crippen molar-refractivity contribution in [2.75, 3.05) is 0 Å². The molecule has 0 amide bonds. The monoisotopic (exact) mass is 197 g/mol. The Bertz CT molecular complexity index is 130. The zero-order valence-electron chi connectivity index (χ0n) is 4.27. The number of halogens is 6. The predicted molar refractivity (Wildman–Crippen MR) is 29.3 cm³/mol. The van der Waals surface area contributed by atoms with Gasteiger partial charge >= 0.3 is 10.8 Å². The van der Waals surface area contributed by atoms with Crippen LogP contribution in [0.25, 0.3) is 0 Å². The van der Waals surface area contributed by atoms with Crippen molar-refractivity contribution in [3.8, 4) is 0 Å². The Labute approximate surface area is 63.4 Å². The van der Waals surface area contributed by atoms with Gasteiger partial charge in [-0.1, -0.05) is 0 Å². The highest BCUT2D eigenvalue weighted by Gasteiger charge is 2.47. The fourth-order valence-corrected chi connectivity index (χ4v) is 0.446. The third-order valence-electron chi connectivity index (χ3n) is 0.567. The number of rotatable bonds is 2. The molecule has 0 saturated heterocycles. The lowest BCUT2D eigenvalue weighted by atomic mass is 10.4. The molecule has 0 aliphatic rings. The smallest absolute Gasteiger partial charge is 0.296 e. The van der Waals surface area contributed by atoms with Gasteiger partial charge in [0.1, 0.15) is 0 Å². The zero-order valence-corrected chi connectivity index (χ0v) is 5.78. The average Bonchev–Trinajstić information content (AvgIpc) is 1.59. The molecular weight excluding hydrogens is 197 g/mol. The summed E-state index contributed by atoms with van der Waals surface area (Å²) >= 11 is 8.09. The summed E-state index contributed by atoms with van der Waals surface area (Å²) in [7, 11) is 0. The first-order valence-electron chi connectivity index (χ1n) is 1.88. The Morgan fingerprint density at radius 3 is 1.20 bits per heavy atom. The van der Waals surface area contributed by atoms with Gasteiger partial charge in [0.15, 0.2) is 5.71 Å². The summed E-state index contributed by atoms with van der Waals surface area (Å²) in [4.78, 5) is 0. The van der Waals surface area contributed by atoms with Crippen LogP contribution in [-0.4, -0.2) is 16.5 Å². The lowest BCUT2D eigenvalue weighted by molar-refractivity contribution is 0.114. The molecule has 0 bridgehead atoms. The summed E-state index contributed by atoms with van der Waals surface area (Å²) in [6.45, 7) is 0. The lowest BCUT2D eigenvalue weighted by Gasteiger charge is -2.12. The van der Waals surface area contributed by atoms with Gasteiger partial charge in [-0.25, -0.2) is 0 Å². The molecule has 0 unspecified atom stereocenters. The van der Waals surface area contributed by atoms with Crippen molar-refractivity contribution in [3.05, 3.63) is 0 Å². The molecule has 7 heteroatoms. The van der Waals surface area contributed by atoms with Gasteiger partial charge in [-0.15, -0.1) is 0 Å². The first kappa shape index (κ1) is 9.97. The van der Waals surface area contributed by atoms with E-state index in [4.69, 9.17) is 5.41 Å². The molecule has 0 radical (unpaired) electrons. The van der Waals surface area contributed by atoms with E-state index in [0.29, 0.717) is 0 Å². The fraction of sp³-hybridized carbons (Fsp3) is 0.667. The second-order valence-corrected chi connectivity index (χ2v) is 2.32. The maximum atomic E-state index is 11.6. The van der Waals surface area contributed by atoms with E-state index >= 15 is 0 Å². The van der Waals surface area contributed by atoms with Crippen molar-refractivity contribution in [3.63, 3.8) is 0 Å². The van der Waals surface area contributed by atoms with Gasteiger partial charge in [-0.05, 0) is 23.2 Å². The molecule has 0 aromatic rings. The Morgan fingerprint density at radius 1 is 1.00 bits per heavy atom. The van der Waals surface area contributed by atoms with Crippen molar-refractivity contribution in [2.45, 2.75) is 10.8 Å². The molecule has 0 aliphatic heterocycles. The van der Waals surface area contributed by atoms with E-state index in [0.717, 1.165) is 0 Å². The molecule has 10 heavy (non-hydrogen) atoms. The molecule has 1 N–H and O–H groups in total. The van der Waals surface area contributed by atoms with Crippen LogP contribution in [0.2, 0.25) is 0 Å². The van der Waals surface area contributed by atoms with E-state index in [9.17, 15) is 17.6 Å². The Balaban J connectivity index is 4.40. The van der Waals surface area contributed by atoms with Gasteiger partial charge < -0.3 is 0 Å². The quantitative estimate of drug-likeness (QED) is 0.400. The maximum absolute atomic E-state index is 11.6. The molecule has 0 saturated carbocycles. The maximum Gasteiger partial charge on any atom is 0.367 e. The molecule has 0 heterocycles. The van der Waals surface area contributed by atoms with E-state index in [1.54, 1.807) is 0 Å². The van der Waals surface area contributed by atoms with Gasteiger partial charge in [0.05, 0.1) is 0 Å². The number of hydrogen-bond donors (Lipinski definition) is 1. The van der Waals surface area contributed by atoms with Crippen LogP contribution in [0.4, 0.5) is 17.6 Å². The number of hydrogen-bond acceptors (Lipinski definition) is 1. The molecule has 1 nitrogen and oxygen atoms in total. The zero-order chi connectivity index (χ0) is 8.58. The fourth-order valence-electron chi connectivity index (χ4n) is 0.161. The van der Waals surface area contributed by atoms with Crippen molar-refractivity contribution < 1.29 is 17.6 Å². The van der Waals surface area contributed by atoms with Crippen LogP contribution < -0.4 is 0 Å². The average molecular weight is 198 g/mol. The summed E-state index contributed by atoms with van der Waals surface area (Å²) in [5.74, 6) is 0. The second kappa shape index (κ2) is 2.54. The van der Waals surface area contributed by atoms with Gasteiger partial charge in [0, 0.05) is 0 Å². The summed E-state index contributed by atoms with van der Waals surface area (Å²) < 4.78 is 46.4. The Kier molecular flexibility index (Phi) is 2.53. The minimum atomic E-state index is -4.38. The Morgan fingerprint density at radius 2 is 1.20 bits per heavy atom. The molecule has 0 atom stereocenters. The van der Waals surface area contributed by atoms with E-state index in [-0.39, 0.29) is 0 Å². The molecule has 0 fully saturated rings. The number of alkyl halides is 6. The topological polar surface area (TPSA) is 23.9 Å². The highest BCUT2D eigenvalue weighted by atomic mass is 35.5. The third-order valence-corrected chi connectivity index (χ3v) is 0.945. The SMILES string of the molecule is N=C(C(F)(F)Cl)C(F)(F)Cl. The first-order chi connectivity index (χ1) is 4.15. The normalized spacial score (nSPS) is 13.4. The minimum absolute atomic E-state index is 2.32. The molecule has 0 aliphatic carbocycles. The molecule has 0 aromatic carbocycles. The van der Waals surface area contributed by atoms with Crippen LogP contribution in [0, 0.1) is 5.41 Å². The van der Waals surface area contributed by atoms with E-state index in [1.807, 2.05) is 0 Å². The van der Waals surface area contributed by atoms with Crippen LogP contribution in [0.15, 0.2) is 0 Å². The van der Waals surface area contributed by atoms with Crippen molar-refractivity contribution in [1.29, 1.82) is 5.41 Å². The summed E-state index contributed by atoms with van der Waals surface area (Å²) in [6, 6.07) is 0. The van der Waals surface area contributed by atoms with Crippen LogP contribution in [0.1, 0.15) is 0 Å². The second-order valence-electron chi connectivity index (χ2n) is 1.37. The molecule has 0 rings (SSSR count). The molecular formula is C3HCl2F4N. The van der Waals surface area contributed by atoms with Crippen LogP contribution in [-0.2, 0) is 0 Å². The van der Waals surface area contributed by atoms with Crippen molar-refractivity contribution >= 4 is 28.9 Å². The minimum Gasteiger partial charge on any atom is -0.296 e. The van der Waals surface area contributed by atoms with Gasteiger partial charge in [0.25, 0.3) is 0 Å². The molecule has 0 spiro atoms. The Hall–Kier alpha value is -0.0300. The predicted octanol–water partition coefficient (Wildman–Crippen LogP) is 2.67. The summed E-state index contributed by atoms with van der Waals surface area (Å²) in [5, 5.41) is -2.74. The molecule has 0 aromatic heterocycles. The largest absolute Gasteiger partial charge is 0.367 e. The summed E-state index contributed by atoms with van der Waals surface area (Å²) in [5.41, 5.74) is -2.32. The van der Waals surface area contributed by atoms with Crippen LogP contribution in [0.5, 0.6) is 0 Å². The highest BCUT2D eigenvalue weighted by Crippen LogP contribution is 2.32. The van der Waals surface area contributed by atoms with Crippen LogP contribution in [0.3, 0.4) is 0 Å². The molecule has 60 valence electrons. The van der Waals surface area contributed by atoms with Gasteiger partial charge in [-0.3, -0.25) is 5.41 Å². The van der Waals surface area contributed by atoms with Gasteiger partial charge in [0.2, 0.25) is 0 Å². The van der Waals surface area contributed by atoms with Crippen LogP contribution >= 0.6 is 23.2 Å². The third kappa shape index (κ3) is 2.70. The lowest BCUT2D eigenvalue weighted by Crippen LogP contribution is -2.34. The number of nitrogens with one attached hydrogen (secondary N) is 1. The highest BCUT2D eigenvalue weighted by molar-refractivity contribution is 6.42. The van der Waals surface area contributed by atoms with E-state index in [2.05, 4.69) is 23.2 Å². The van der Waals surface area contributed by atoms with E-state index < -0.39 is 16.5 Å². The van der Waals surface area contributed by atoms with Crippen molar-refractivity contribution in [2.24, 2.45) is 0 Å². The first-order valence-corrected chi connectivity index (χ1v) is 2.64. The summed E-state index contributed by atoms with van der Waals surface area (Å²) in [6.07, 6.45) is 0. The van der Waals surface area contributed by atoms with Gasteiger partial charge in [-0.2, -0.15) is 17.6 Å². The standard InChI is InChI=1S/C3HCl2F4N/c4-2(6,7)1(10)3(5,8)9/h10H. The van der Waals surface area contributed by atoms with E-state index in [1.165, 1.54) is 0 Å².